The van der Waals surface area contributed by atoms with Crippen molar-refractivity contribution in [3.63, 3.8) is 0 Å². The van der Waals surface area contributed by atoms with Gasteiger partial charge in [-0.05, 0) is 18.2 Å². The predicted molar refractivity (Wildman–Crippen MR) is 91.7 cm³/mol. The van der Waals surface area contributed by atoms with Gasteiger partial charge in [-0.25, -0.2) is 9.97 Å². The van der Waals surface area contributed by atoms with Crippen LogP contribution in [-0.4, -0.2) is 20.8 Å². The summed E-state index contributed by atoms with van der Waals surface area (Å²) in [6.45, 7) is 0.619. The lowest BCUT2D eigenvalue weighted by molar-refractivity contribution is 0.445. The number of halogens is 1. The topological polar surface area (TPSA) is 72.3 Å². The largest absolute Gasteiger partial charge is 0.419 e. The fourth-order valence-corrected chi connectivity index (χ4v) is 2.53. The van der Waals surface area contributed by atoms with Gasteiger partial charge in [0.05, 0.1) is 18.4 Å². The van der Waals surface area contributed by atoms with Gasteiger partial charge in [0.2, 0.25) is 11.8 Å². The normalized spacial score (nSPS) is 12.5. The molecule has 0 saturated heterocycles. The third-order valence-electron chi connectivity index (χ3n) is 3.43. The van der Waals surface area contributed by atoms with Crippen molar-refractivity contribution in [3.8, 4) is 11.8 Å². The minimum Gasteiger partial charge on any atom is -0.419 e. The SMILES string of the molecule is Clc1cc(NC2=NCc3cccnc32)cnc1Oc1ccccn1. The Labute approximate surface area is 143 Å². The van der Waals surface area contributed by atoms with Crippen LogP contribution in [-0.2, 0) is 6.54 Å². The molecule has 0 radical (unpaired) electrons. The quantitative estimate of drug-likeness (QED) is 0.789. The molecule has 24 heavy (non-hydrogen) atoms. The maximum atomic E-state index is 6.25. The summed E-state index contributed by atoms with van der Waals surface area (Å²) in [6, 6.07) is 11.0. The molecule has 0 aliphatic carbocycles. The van der Waals surface area contributed by atoms with Crippen LogP contribution < -0.4 is 10.1 Å². The Bertz CT molecular complexity index is 914. The second-order valence-electron chi connectivity index (χ2n) is 5.08. The minimum atomic E-state index is 0.299. The number of anilines is 1. The first-order chi connectivity index (χ1) is 11.8. The molecule has 1 N–H and O–H groups in total. The van der Waals surface area contributed by atoms with E-state index in [2.05, 4.69) is 25.3 Å². The highest BCUT2D eigenvalue weighted by atomic mass is 35.5. The van der Waals surface area contributed by atoms with Crippen molar-refractivity contribution >= 4 is 23.1 Å². The molecule has 0 unspecified atom stereocenters. The lowest BCUT2D eigenvalue weighted by Crippen LogP contribution is -2.13. The smallest absolute Gasteiger partial charge is 0.240 e. The van der Waals surface area contributed by atoms with Crippen molar-refractivity contribution < 1.29 is 4.74 Å². The summed E-state index contributed by atoms with van der Waals surface area (Å²) in [7, 11) is 0. The van der Waals surface area contributed by atoms with Crippen molar-refractivity contribution in [2.24, 2.45) is 4.99 Å². The number of nitrogens with zero attached hydrogens (tertiary/aromatic N) is 4. The van der Waals surface area contributed by atoms with E-state index in [1.54, 1.807) is 30.7 Å². The van der Waals surface area contributed by atoms with E-state index in [-0.39, 0.29) is 0 Å². The van der Waals surface area contributed by atoms with Gasteiger partial charge in [0.1, 0.15) is 10.7 Å². The van der Waals surface area contributed by atoms with E-state index in [9.17, 15) is 0 Å². The molecular formula is C17H12ClN5O. The van der Waals surface area contributed by atoms with Crippen molar-refractivity contribution in [2.45, 2.75) is 6.54 Å². The van der Waals surface area contributed by atoms with Gasteiger partial charge in [0.15, 0.2) is 5.84 Å². The molecular weight excluding hydrogens is 326 g/mol. The molecule has 7 heteroatoms. The van der Waals surface area contributed by atoms with E-state index >= 15 is 0 Å². The maximum absolute atomic E-state index is 6.25. The van der Waals surface area contributed by atoms with Crippen molar-refractivity contribution in [3.05, 3.63) is 71.3 Å². The molecule has 4 rings (SSSR count). The number of aromatic nitrogens is 3. The number of amidine groups is 1. The summed E-state index contributed by atoms with van der Waals surface area (Å²) in [5, 5.41) is 3.58. The second-order valence-corrected chi connectivity index (χ2v) is 5.49. The van der Waals surface area contributed by atoms with Gasteiger partial charge >= 0.3 is 0 Å². The van der Waals surface area contributed by atoms with E-state index < -0.39 is 0 Å². The maximum Gasteiger partial charge on any atom is 0.240 e. The number of pyridine rings is 3. The summed E-state index contributed by atoms with van der Waals surface area (Å²) in [4.78, 5) is 17.1. The summed E-state index contributed by atoms with van der Waals surface area (Å²) >= 11 is 6.25. The third-order valence-corrected chi connectivity index (χ3v) is 3.70. The molecule has 0 aromatic carbocycles. The van der Waals surface area contributed by atoms with Crippen LogP contribution in [0.4, 0.5) is 5.69 Å². The number of rotatable bonds is 3. The highest BCUT2D eigenvalue weighted by Gasteiger charge is 2.17. The summed E-state index contributed by atoms with van der Waals surface area (Å²) < 4.78 is 5.57. The number of ether oxygens (including phenoxy) is 1. The summed E-state index contributed by atoms with van der Waals surface area (Å²) in [5.74, 6) is 1.44. The Kier molecular flexibility index (Phi) is 3.80. The van der Waals surface area contributed by atoms with E-state index in [0.717, 1.165) is 11.3 Å². The van der Waals surface area contributed by atoms with Gasteiger partial charge in [-0.3, -0.25) is 9.98 Å². The third kappa shape index (κ3) is 2.91. The van der Waals surface area contributed by atoms with E-state index in [1.165, 1.54) is 0 Å². The predicted octanol–water partition coefficient (Wildman–Crippen LogP) is 3.69. The first-order valence-electron chi connectivity index (χ1n) is 7.30. The molecule has 0 bridgehead atoms. The zero-order valence-corrected chi connectivity index (χ0v) is 13.2. The zero-order chi connectivity index (χ0) is 16.4. The highest BCUT2D eigenvalue weighted by molar-refractivity contribution is 6.32. The minimum absolute atomic E-state index is 0.299. The molecule has 3 aromatic heterocycles. The fourth-order valence-electron chi connectivity index (χ4n) is 2.33. The molecule has 0 amide bonds. The Hall–Kier alpha value is -2.99. The first-order valence-corrected chi connectivity index (χ1v) is 7.67. The number of aliphatic imine (C=N–C) groups is 1. The van der Waals surface area contributed by atoms with Crippen LogP contribution in [0.25, 0.3) is 0 Å². The summed E-state index contributed by atoms with van der Waals surface area (Å²) in [5.41, 5.74) is 2.65. The average molecular weight is 338 g/mol. The van der Waals surface area contributed by atoms with Crippen LogP contribution in [0.15, 0.2) is 60.0 Å². The van der Waals surface area contributed by atoms with Crippen molar-refractivity contribution in [1.82, 2.24) is 15.0 Å². The standard InChI is InChI=1S/C17H12ClN5O/c18-13-8-12(10-22-17(13)24-14-5-1-2-6-19-14)23-16-15-11(9-21-16)4-3-7-20-15/h1-8,10H,9H2,(H,21,23). The molecule has 0 saturated carbocycles. The molecule has 0 spiro atoms. The van der Waals surface area contributed by atoms with Gasteiger partial charge in [0, 0.05) is 24.0 Å². The van der Waals surface area contributed by atoms with E-state index in [0.29, 0.717) is 34.9 Å². The fraction of sp³-hybridized carbons (Fsp3) is 0.0588. The van der Waals surface area contributed by atoms with Crippen LogP contribution >= 0.6 is 11.6 Å². The van der Waals surface area contributed by atoms with E-state index in [1.807, 2.05) is 24.3 Å². The van der Waals surface area contributed by atoms with Crippen molar-refractivity contribution in [2.75, 3.05) is 5.32 Å². The monoisotopic (exact) mass is 337 g/mol. The first kappa shape index (κ1) is 14.6. The average Bonchev–Trinajstić information content (AvgIpc) is 3.01. The van der Waals surface area contributed by atoms with Gasteiger partial charge in [-0.1, -0.05) is 23.7 Å². The Morgan fingerprint density at radius 1 is 1.04 bits per heavy atom. The van der Waals surface area contributed by atoms with Gasteiger partial charge in [0.25, 0.3) is 0 Å². The number of fused-ring (bicyclic) bond motifs is 1. The lowest BCUT2D eigenvalue weighted by Gasteiger charge is -2.09. The van der Waals surface area contributed by atoms with E-state index in [4.69, 9.17) is 16.3 Å². The van der Waals surface area contributed by atoms with Crippen LogP contribution in [0.2, 0.25) is 5.02 Å². The molecule has 0 atom stereocenters. The van der Waals surface area contributed by atoms with Crippen LogP contribution in [0, 0.1) is 0 Å². The van der Waals surface area contributed by atoms with Crippen LogP contribution in [0.5, 0.6) is 11.8 Å². The van der Waals surface area contributed by atoms with Crippen LogP contribution in [0.3, 0.4) is 0 Å². The summed E-state index contributed by atoms with van der Waals surface area (Å²) in [6.07, 6.45) is 5.02. The Morgan fingerprint density at radius 3 is 2.79 bits per heavy atom. The molecule has 3 aromatic rings. The second kappa shape index (κ2) is 6.25. The van der Waals surface area contributed by atoms with Gasteiger partial charge in [-0.15, -0.1) is 0 Å². The van der Waals surface area contributed by atoms with Crippen LogP contribution in [0.1, 0.15) is 11.3 Å². The zero-order valence-electron chi connectivity index (χ0n) is 12.5. The molecule has 0 fully saturated rings. The van der Waals surface area contributed by atoms with Crippen molar-refractivity contribution in [1.29, 1.82) is 0 Å². The number of hydrogen-bond donors (Lipinski definition) is 1. The Morgan fingerprint density at radius 2 is 1.96 bits per heavy atom. The number of hydrogen-bond acceptors (Lipinski definition) is 6. The molecule has 118 valence electrons. The Balaban J connectivity index is 1.53. The lowest BCUT2D eigenvalue weighted by atomic mass is 10.2. The van der Waals surface area contributed by atoms with Gasteiger partial charge in [-0.2, -0.15) is 0 Å². The molecule has 6 nitrogen and oxygen atoms in total. The molecule has 4 heterocycles. The molecule has 1 aliphatic heterocycles. The highest BCUT2D eigenvalue weighted by Crippen LogP contribution is 2.28. The number of nitrogens with one attached hydrogen (secondary N) is 1. The van der Waals surface area contributed by atoms with Gasteiger partial charge < -0.3 is 10.1 Å². The molecule has 1 aliphatic rings.